The second kappa shape index (κ2) is 5.81. The summed E-state index contributed by atoms with van der Waals surface area (Å²) in [5.74, 6) is -0.367. The van der Waals surface area contributed by atoms with E-state index in [1.54, 1.807) is 6.07 Å². The monoisotopic (exact) mass is 255 g/mol. The normalized spacial score (nSPS) is 9.57. The molecule has 0 N–H and O–H groups in total. The van der Waals surface area contributed by atoms with Crippen molar-refractivity contribution in [3.8, 4) is 6.07 Å². The van der Waals surface area contributed by atoms with Gasteiger partial charge >= 0.3 is 8.26 Å². The third kappa shape index (κ3) is 9.26. The van der Waals surface area contributed by atoms with Crippen molar-refractivity contribution < 1.29 is 12.8 Å². The maximum Gasteiger partial charge on any atom is 0.317 e. The Morgan fingerprint density at radius 2 is 1.86 bits per heavy atom. The van der Waals surface area contributed by atoms with E-state index < -0.39 is 8.26 Å². The molecule has 76 valence electrons. The third-order valence-electron chi connectivity index (χ3n) is 0.954. The van der Waals surface area contributed by atoms with Crippen LogP contribution in [0.25, 0.3) is 0 Å². The molecule has 0 spiro atoms. The van der Waals surface area contributed by atoms with Gasteiger partial charge in [-0.1, -0.05) is 6.07 Å². The maximum atomic E-state index is 12.2. The smallest absolute Gasteiger partial charge is 0.207 e. The zero-order valence-corrected chi connectivity index (χ0v) is 8.94. The van der Waals surface area contributed by atoms with Crippen molar-refractivity contribution in [2.75, 3.05) is 0 Å². The Kier molecular flexibility index (Phi) is 5.46. The van der Waals surface area contributed by atoms with Crippen LogP contribution in [0.5, 0.6) is 0 Å². The highest BCUT2D eigenvalue weighted by Gasteiger charge is 1.89. The molecule has 14 heavy (non-hydrogen) atoms. The molecule has 0 atom stereocenters. The molecule has 0 saturated heterocycles. The number of hydrogen-bond donors (Lipinski definition) is 0. The molecule has 3 nitrogen and oxygen atoms in total. The first-order chi connectivity index (χ1) is 6.33. The van der Waals surface area contributed by atoms with E-state index >= 15 is 0 Å². The molecule has 0 fully saturated rings. The van der Waals surface area contributed by atoms with E-state index in [0.29, 0.717) is 5.56 Å². The van der Waals surface area contributed by atoms with Gasteiger partial charge in [-0.05, 0) is 18.2 Å². The largest absolute Gasteiger partial charge is 0.317 e. The molecule has 0 bridgehead atoms. The highest BCUT2D eigenvalue weighted by molar-refractivity contribution is 8.31. The number of rotatable bonds is 0. The van der Waals surface area contributed by atoms with Crippen LogP contribution in [0, 0.1) is 17.1 Å². The van der Waals surface area contributed by atoms with E-state index in [1.165, 1.54) is 18.2 Å². The maximum absolute atomic E-state index is 12.2. The summed E-state index contributed by atoms with van der Waals surface area (Å²) >= 11 is 0. The first kappa shape index (κ1) is 13.2. The van der Waals surface area contributed by atoms with Gasteiger partial charge in [-0.25, -0.2) is 4.39 Å². The van der Waals surface area contributed by atoms with Crippen LogP contribution in [-0.2, 0) is 8.26 Å². The highest BCUT2D eigenvalue weighted by Crippen LogP contribution is 2.00. The minimum Gasteiger partial charge on any atom is -0.207 e. The van der Waals surface area contributed by atoms with Crippen LogP contribution in [-0.4, -0.2) is 8.42 Å². The summed E-state index contributed by atoms with van der Waals surface area (Å²) in [5, 5.41) is 8.25. The quantitative estimate of drug-likeness (QED) is 0.669. The van der Waals surface area contributed by atoms with E-state index in [4.69, 9.17) is 13.7 Å². The van der Waals surface area contributed by atoms with Crippen molar-refractivity contribution in [3.05, 3.63) is 35.6 Å². The van der Waals surface area contributed by atoms with Crippen LogP contribution in [0.15, 0.2) is 24.3 Å². The summed E-state index contributed by atoms with van der Waals surface area (Å²) in [6, 6.07) is 7.40. The summed E-state index contributed by atoms with van der Waals surface area (Å²) in [6.07, 6.45) is 0. The first-order valence-electron chi connectivity index (χ1n) is 3.13. The van der Waals surface area contributed by atoms with E-state index in [1.807, 2.05) is 6.07 Å². The second-order valence-corrected chi connectivity index (χ2v) is 5.67. The van der Waals surface area contributed by atoms with Crippen LogP contribution in [0.4, 0.5) is 4.39 Å². The Morgan fingerprint density at radius 3 is 2.14 bits per heavy atom. The lowest BCUT2D eigenvalue weighted by Gasteiger charge is -1.85. The lowest BCUT2D eigenvalue weighted by atomic mass is 10.2. The summed E-state index contributed by atoms with van der Waals surface area (Å²) in [4.78, 5) is 0. The van der Waals surface area contributed by atoms with Crippen molar-refractivity contribution >= 4 is 29.6 Å². The van der Waals surface area contributed by atoms with Gasteiger partial charge < -0.3 is 0 Å². The highest BCUT2D eigenvalue weighted by atomic mass is 36.0. The lowest BCUT2D eigenvalue weighted by molar-refractivity contribution is 0.621. The zero-order valence-electron chi connectivity index (χ0n) is 6.62. The second-order valence-electron chi connectivity index (χ2n) is 2.00. The van der Waals surface area contributed by atoms with Crippen molar-refractivity contribution in [1.29, 1.82) is 5.26 Å². The first-order valence-corrected chi connectivity index (χ1v) is 6.26. The molecule has 0 aliphatic heterocycles. The molecule has 1 aromatic rings. The average Bonchev–Trinajstić information content (AvgIpc) is 2.01. The van der Waals surface area contributed by atoms with Crippen LogP contribution in [0.3, 0.4) is 0 Å². The fourth-order valence-electron chi connectivity index (χ4n) is 0.558. The summed E-state index contributed by atoms with van der Waals surface area (Å²) in [6.45, 7) is 0. The van der Waals surface area contributed by atoms with Gasteiger partial charge in [0.15, 0.2) is 0 Å². The minimum absolute atomic E-state index is 0.356. The molecule has 7 heteroatoms. The zero-order chi connectivity index (χ0) is 11.2. The Bertz CT molecular complexity index is 433. The third-order valence-corrected chi connectivity index (χ3v) is 0.954. The SMILES string of the molecule is N#Cc1cccc(F)c1.O=S(=O)(Cl)Cl. The molecule has 0 amide bonds. The van der Waals surface area contributed by atoms with Gasteiger partial charge in [-0.15, -0.1) is 0 Å². The predicted molar refractivity (Wildman–Crippen MR) is 51.7 cm³/mol. The van der Waals surface area contributed by atoms with Gasteiger partial charge in [-0.2, -0.15) is 13.7 Å². The fraction of sp³-hybridized carbons (Fsp3) is 0. The van der Waals surface area contributed by atoms with Gasteiger partial charge in [0.25, 0.3) is 0 Å². The Hall–Kier alpha value is -0.830. The molecule has 0 saturated carbocycles. The van der Waals surface area contributed by atoms with Crippen LogP contribution in [0.1, 0.15) is 5.56 Å². The minimum atomic E-state index is -3.72. The molecule has 0 aliphatic rings. The van der Waals surface area contributed by atoms with E-state index in [2.05, 4.69) is 21.4 Å². The topological polar surface area (TPSA) is 57.9 Å². The molecule has 0 unspecified atom stereocenters. The lowest BCUT2D eigenvalue weighted by Crippen LogP contribution is -1.74. The average molecular weight is 256 g/mol. The molecular formula is C7H4Cl2FNO2S. The number of hydrogen-bond acceptors (Lipinski definition) is 3. The van der Waals surface area contributed by atoms with E-state index in [9.17, 15) is 4.39 Å². The fourth-order valence-corrected chi connectivity index (χ4v) is 0.558. The van der Waals surface area contributed by atoms with E-state index in [-0.39, 0.29) is 5.82 Å². The standard InChI is InChI=1S/C7H4FN.Cl2O2S/c8-7-3-1-2-6(4-7)5-9;1-5(2,3)4/h1-4H;. The predicted octanol–water partition coefficient (Wildman–Crippen LogP) is 2.41. The molecule has 1 rings (SSSR count). The Morgan fingerprint density at radius 1 is 1.36 bits per heavy atom. The van der Waals surface area contributed by atoms with Crippen LogP contribution < -0.4 is 0 Å². The summed E-state index contributed by atoms with van der Waals surface area (Å²) in [7, 11) is 4.81. The van der Waals surface area contributed by atoms with Crippen molar-refractivity contribution in [1.82, 2.24) is 0 Å². The molecule has 0 radical (unpaired) electrons. The van der Waals surface area contributed by atoms with Crippen molar-refractivity contribution in [3.63, 3.8) is 0 Å². The summed E-state index contributed by atoms with van der Waals surface area (Å²) in [5.41, 5.74) is 0.356. The number of nitriles is 1. The summed E-state index contributed by atoms with van der Waals surface area (Å²) < 4.78 is 30.5. The number of benzene rings is 1. The molecule has 1 aromatic carbocycles. The molecular weight excluding hydrogens is 252 g/mol. The van der Waals surface area contributed by atoms with Crippen molar-refractivity contribution in [2.24, 2.45) is 0 Å². The van der Waals surface area contributed by atoms with Crippen LogP contribution >= 0.6 is 21.4 Å². The number of halogens is 3. The Balaban J connectivity index is 0.000000292. The molecule has 0 heterocycles. The van der Waals surface area contributed by atoms with Gasteiger partial charge in [0.1, 0.15) is 5.82 Å². The van der Waals surface area contributed by atoms with Gasteiger partial charge in [0.05, 0.1) is 11.6 Å². The molecule has 0 aromatic heterocycles. The van der Waals surface area contributed by atoms with E-state index in [0.717, 1.165) is 0 Å². The van der Waals surface area contributed by atoms with Gasteiger partial charge in [0, 0.05) is 21.4 Å². The van der Waals surface area contributed by atoms with Gasteiger partial charge in [0.2, 0.25) is 0 Å². The number of nitrogens with zero attached hydrogens (tertiary/aromatic N) is 1. The molecule has 0 aliphatic carbocycles. The van der Waals surface area contributed by atoms with Crippen LogP contribution in [0.2, 0.25) is 0 Å². The van der Waals surface area contributed by atoms with Gasteiger partial charge in [-0.3, -0.25) is 0 Å². The van der Waals surface area contributed by atoms with Crippen molar-refractivity contribution in [2.45, 2.75) is 0 Å². The Labute approximate surface area is 89.6 Å².